The number of nitrogens with zero attached hydrogens (tertiary/aromatic N) is 1. The standard InChI is InChI=1S/C24H26N2O6S2/c1-15(27)32-13-22(28)21-14-33-24(25-21)26-23(29)20(12-16-4-2-3-5-16)17-6-8-18(9-7-17)34(30,31)19-10-11-19/h6-9,12,14,16,19H,2-5,10-11,13H2,1H3,(H,25,26,29)/b20-12+. The number of sulfone groups is 1. The van der Waals surface area contributed by atoms with Crippen LogP contribution in [0.25, 0.3) is 5.57 Å². The summed E-state index contributed by atoms with van der Waals surface area (Å²) in [5, 5.41) is 4.21. The number of Topliss-reactive ketones (excluding diaryl/α,β-unsaturated/α-hetero) is 1. The second-order valence-electron chi connectivity index (χ2n) is 8.59. The monoisotopic (exact) mass is 502 g/mol. The van der Waals surface area contributed by atoms with E-state index in [1.807, 2.05) is 6.08 Å². The fraction of sp³-hybridized carbons (Fsp3) is 0.417. The minimum atomic E-state index is -3.31. The van der Waals surface area contributed by atoms with Crippen molar-refractivity contribution in [2.24, 2.45) is 5.92 Å². The first-order valence-corrected chi connectivity index (χ1v) is 13.7. The molecule has 1 aromatic carbocycles. The number of anilines is 1. The first-order chi connectivity index (χ1) is 16.2. The fourth-order valence-corrected chi connectivity index (χ4v) is 6.29. The molecule has 2 aliphatic carbocycles. The zero-order valence-electron chi connectivity index (χ0n) is 18.8. The molecular formula is C24H26N2O6S2. The summed E-state index contributed by atoms with van der Waals surface area (Å²) in [5.41, 5.74) is 1.18. The maximum Gasteiger partial charge on any atom is 0.303 e. The van der Waals surface area contributed by atoms with E-state index in [9.17, 15) is 22.8 Å². The molecule has 1 heterocycles. The lowest BCUT2D eigenvalue weighted by atomic mass is 9.98. The molecule has 8 nitrogen and oxygen atoms in total. The molecule has 34 heavy (non-hydrogen) atoms. The minimum Gasteiger partial charge on any atom is -0.457 e. The summed E-state index contributed by atoms with van der Waals surface area (Å²) in [6, 6.07) is 6.47. The van der Waals surface area contributed by atoms with E-state index in [4.69, 9.17) is 4.74 Å². The normalized spacial score (nSPS) is 16.9. The highest BCUT2D eigenvalue weighted by Gasteiger charge is 2.36. The van der Waals surface area contributed by atoms with Crippen LogP contribution in [0.1, 0.15) is 61.5 Å². The largest absolute Gasteiger partial charge is 0.457 e. The molecule has 4 rings (SSSR count). The Morgan fingerprint density at radius 3 is 2.41 bits per heavy atom. The average molecular weight is 503 g/mol. The number of hydrogen-bond acceptors (Lipinski definition) is 8. The Hall–Kier alpha value is -2.85. The van der Waals surface area contributed by atoms with Crippen molar-refractivity contribution < 1.29 is 27.5 Å². The van der Waals surface area contributed by atoms with Crippen LogP contribution in [0.3, 0.4) is 0 Å². The van der Waals surface area contributed by atoms with Gasteiger partial charge < -0.3 is 4.74 Å². The molecule has 0 atom stereocenters. The molecule has 2 saturated carbocycles. The van der Waals surface area contributed by atoms with Crippen LogP contribution in [0.2, 0.25) is 0 Å². The van der Waals surface area contributed by atoms with Crippen molar-refractivity contribution in [1.29, 1.82) is 0 Å². The van der Waals surface area contributed by atoms with Gasteiger partial charge in [0.15, 0.2) is 21.6 Å². The highest BCUT2D eigenvalue weighted by Crippen LogP contribution is 2.34. The second kappa shape index (κ2) is 10.2. The molecule has 2 aliphatic rings. The number of ketones is 1. The van der Waals surface area contributed by atoms with E-state index in [-0.39, 0.29) is 32.8 Å². The fourth-order valence-electron chi connectivity index (χ4n) is 3.92. The molecule has 2 fully saturated rings. The van der Waals surface area contributed by atoms with Crippen molar-refractivity contribution in [3.8, 4) is 0 Å². The average Bonchev–Trinajstić information content (AvgIpc) is 3.37. The quantitative estimate of drug-likeness (QED) is 0.312. The van der Waals surface area contributed by atoms with Gasteiger partial charge >= 0.3 is 5.97 Å². The Kier molecular flexibility index (Phi) is 7.27. The molecule has 2 aromatic rings. The Balaban J connectivity index is 1.53. The molecule has 0 saturated heterocycles. The van der Waals surface area contributed by atoms with Crippen LogP contribution in [0.4, 0.5) is 5.13 Å². The molecule has 1 N–H and O–H groups in total. The van der Waals surface area contributed by atoms with E-state index in [1.54, 1.807) is 24.3 Å². The Morgan fingerprint density at radius 1 is 1.12 bits per heavy atom. The molecule has 0 aliphatic heterocycles. The maximum absolute atomic E-state index is 13.2. The number of benzene rings is 1. The maximum atomic E-state index is 13.2. The lowest BCUT2D eigenvalue weighted by molar-refractivity contribution is -0.139. The molecule has 0 spiro atoms. The molecule has 0 unspecified atom stereocenters. The number of thiazole rings is 1. The SMILES string of the molecule is CC(=O)OCC(=O)c1csc(NC(=O)/C(=C/C2CCCC2)c2ccc(S(=O)(=O)C3CC3)cc2)n1. The van der Waals surface area contributed by atoms with E-state index in [1.165, 1.54) is 12.3 Å². The van der Waals surface area contributed by atoms with E-state index in [0.717, 1.165) is 37.0 Å². The summed E-state index contributed by atoms with van der Waals surface area (Å²) in [5.74, 6) is -1.12. The van der Waals surface area contributed by atoms with Crippen molar-refractivity contribution in [3.63, 3.8) is 0 Å². The minimum absolute atomic E-state index is 0.109. The van der Waals surface area contributed by atoms with Gasteiger partial charge in [-0.1, -0.05) is 31.1 Å². The van der Waals surface area contributed by atoms with Crippen LogP contribution in [-0.4, -0.2) is 42.9 Å². The van der Waals surface area contributed by atoms with Crippen molar-refractivity contribution in [3.05, 3.63) is 47.0 Å². The van der Waals surface area contributed by atoms with Crippen LogP contribution in [0, 0.1) is 5.92 Å². The molecular weight excluding hydrogens is 476 g/mol. The number of carbonyl (C=O) groups is 3. The van der Waals surface area contributed by atoms with Crippen molar-refractivity contribution in [2.45, 2.75) is 55.6 Å². The van der Waals surface area contributed by atoms with Gasteiger partial charge in [0.2, 0.25) is 5.78 Å². The van der Waals surface area contributed by atoms with Gasteiger partial charge in [0, 0.05) is 17.9 Å². The summed E-state index contributed by atoms with van der Waals surface area (Å²) in [6.07, 6.45) is 7.54. The first kappa shape index (κ1) is 24.3. The van der Waals surface area contributed by atoms with E-state index in [0.29, 0.717) is 24.0 Å². The summed E-state index contributed by atoms with van der Waals surface area (Å²) in [6.45, 7) is 0.807. The lowest BCUT2D eigenvalue weighted by Gasteiger charge is -2.12. The van der Waals surface area contributed by atoms with Gasteiger partial charge in [-0.15, -0.1) is 11.3 Å². The third-order valence-electron chi connectivity index (χ3n) is 5.92. The molecule has 180 valence electrons. The van der Waals surface area contributed by atoms with Crippen LogP contribution in [0.15, 0.2) is 40.6 Å². The smallest absolute Gasteiger partial charge is 0.303 e. The number of hydrogen-bond donors (Lipinski definition) is 1. The van der Waals surface area contributed by atoms with Gasteiger partial charge in [0.05, 0.1) is 10.1 Å². The van der Waals surface area contributed by atoms with E-state index >= 15 is 0 Å². The molecule has 0 radical (unpaired) electrons. The lowest BCUT2D eigenvalue weighted by Crippen LogP contribution is -2.16. The number of nitrogens with one attached hydrogen (secondary N) is 1. The Labute approximate surface area is 202 Å². The zero-order chi connectivity index (χ0) is 24.3. The van der Waals surface area contributed by atoms with Gasteiger partial charge in [-0.3, -0.25) is 19.7 Å². The zero-order valence-corrected chi connectivity index (χ0v) is 20.4. The van der Waals surface area contributed by atoms with Crippen LogP contribution < -0.4 is 5.32 Å². The van der Waals surface area contributed by atoms with Crippen molar-refractivity contribution >= 4 is 49.5 Å². The molecule has 0 bridgehead atoms. The number of carbonyl (C=O) groups excluding carboxylic acids is 3. The number of rotatable bonds is 9. The predicted molar refractivity (Wildman–Crippen MR) is 128 cm³/mol. The van der Waals surface area contributed by atoms with Gasteiger partial charge in [0.25, 0.3) is 5.91 Å². The number of allylic oxidation sites excluding steroid dienone is 1. The highest BCUT2D eigenvalue weighted by molar-refractivity contribution is 7.92. The predicted octanol–water partition coefficient (Wildman–Crippen LogP) is 4.04. The summed E-state index contributed by atoms with van der Waals surface area (Å²) < 4.78 is 29.7. The topological polar surface area (TPSA) is 119 Å². The van der Waals surface area contributed by atoms with Crippen LogP contribution in [0.5, 0.6) is 0 Å². The third kappa shape index (κ3) is 5.79. The van der Waals surface area contributed by atoms with Crippen molar-refractivity contribution in [1.82, 2.24) is 4.98 Å². The number of esters is 1. The second-order valence-corrected chi connectivity index (χ2v) is 11.7. The number of aromatic nitrogens is 1. The Morgan fingerprint density at radius 2 is 1.79 bits per heavy atom. The van der Waals surface area contributed by atoms with Gasteiger partial charge in [0.1, 0.15) is 5.69 Å². The highest BCUT2D eigenvalue weighted by atomic mass is 32.2. The van der Waals surface area contributed by atoms with Gasteiger partial charge in [-0.05, 0) is 49.3 Å². The van der Waals surface area contributed by atoms with Gasteiger partial charge in [-0.25, -0.2) is 13.4 Å². The van der Waals surface area contributed by atoms with E-state index in [2.05, 4.69) is 10.3 Å². The summed E-state index contributed by atoms with van der Waals surface area (Å²) >= 11 is 1.10. The first-order valence-electron chi connectivity index (χ1n) is 11.2. The molecule has 1 aromatic heterocycles. The molecule has 10 heteroatoms. The van der Waals surface area contributed by atoms with Crippen molar-refractivity contribution in [2.75, 3.05) is 11.9 Å². The van der Waals surface area contributed by atoms with Crippen LogP contribution >= 0.6 is 11.3 Å². The van der Waals surface area contributed by atoms with Crippen LogP contribution in [-0.2, 0) is 24.2 Å². The Bertz CT molecular complexity index is 1220. The van der Waals surface area contributed by atoms with E-state index < -0.39 is 28.2 Å². The molecule has 1 amide bonds. The van der Waals surface area contributed by atoms with Gasteiger partial charge in [-0.2, -0.15) is 0 Å². The summed E-state index contributed by atoms with van der Waals surface area (Å²) in [7, 11) is -3.31. The number of amides is 1. The third-order valence-corrected chi connectivity index (χ3v) is 8.96. The summed E-state index contributed by atoms with van der Waals surface area (Å²) in [4.78, 5) is 40.6. The number of ether oxygens (including phenoxy) is 1.